The van der Waals surface area contributed by atoms with Gasteiger partial charge in [0.25, 0.3) is 0 Å². The van der Waals surface area contributed by atoms with Crippen LogP contribution in [0.25, 0.3) is 9.75 Å². The SMILES string of the molecule is C[C](C)(C)[Sn][c]1ccc(-c2cccs2)s1. The van der Waals surface area contributed by atoms with Crippen molar-refractivity contribution >= 4 is 46.7 Å². The van der Waals surface area contributed by atoms with Crippen LogP contribution in [0.4, 0.5) is 0 Å². The van der Waals surface area contributed by atoms with Gasteiger partial charge in [-0.3, -0.25) is 0 Å². The molecule has 2 radical (unpaired) electrons. The first-order valence-electron chi connectivity index (χ1n) is 4.96. The number of hydrogen-bond acceptors (Lipinski definition) is 2. The van der Waals surface area contributed by atoms with Crippen LogP contribution in [-0.4, -0.2) is 21.1 Å². The standard InChI is InChI=1S/C8H5S2.C4H9.Sn/c1-3-7(9-5-1)8-4-2-6-10-8;1-4(2)3;/h1-5H;1-3H3;. The second-order valence-corrected chi connectivity index (χ2v) is 14.1. The Morgan fingerprint density at radius 3 is 2.47 bits per heavy atom. The molecule has 0 atom stereocenters. The maximum atomic E-state index is 2.36. The molecule has 2 rings (SSSR count). The van der Waals surface area contributed by atoms with E-state index in [0.717, 1.165) is 0 Å². The van der Waals surface area contributed by atoms with E-state index in [1.54, 1.807) is 2.89 Å². The van der Waals surface area contributed by atoms with Gasteiger partial charge in [0.2, 0.25) is 0 Å². The summed E-state index contributed by atoms with van der Waals surface area (Å²) in [5.41, 5.74) is 0. The Balaban J connectivity index is 2.18. The van der Waals surface area contributed by atoms with Crippen molar-refractivity contribution in [2.45, 2.75) is 24.2 Å². The third-order valence-electron chi connectivity index (χ3n) is 1.87. The molecule has 0 saturated heterocycles. The molecule has 0 aliphatic heterocycles. The summed E-state index contributed by atoms with van der Waals surface area (Å²) in [6.07, 6.45) is 0. The van der Waals surface area contributed by atoms with Gasteiger partial charge in [-0.05, 0) is 0 Å². The average molecular weight is 341 g/mol. The molecule has 0 aliphatic rings. The van der Waals surface area contributed by atoms with Crippen LogP contribution in [0.2, 0.25) is 3.43 Å². The Morgan fingerprint density at radius 1 is 1.07 bits per heavy atom. The fourth-order valence-electron chi connectivity index (χ4n) is 1.33. The molecule has 2 aromatic rings. The molecule has 0 spiro atoms. The van der Waals surface area contributed by atoms with Crippen molar-refractivity contribution < 1.29 is 0 Å². The number of hydrogen-bond donors (Lipinski definition) is 0. The van der Waals surface area contributed by atoms with Gasteiger partial charge in [0, 0.05) is 0 Å². The molecule has 15 heavy (non-hydrogen) atoms. The molecular formula is C12H14S2Sn. The van der Waals surface area contributed by atoms with E-state index in [2.05, 4.69) is 50.4 Å². The molecule has 0 fully saturated rings. The van der Waals surface area contributed by atoms with Gasteiger partial charge in [0.15, 0.2) is 0 Å². The van der Waals surface area contributed by atoms with E-state index >= 15 is 0 Å². The molecule has 0 aromatic carbocycles. The number of rotatable bonds is 2. The first kappa shape index (κ1) is 11.7. The van der Waals surface area contributed by atoms with Crippen LogP contribution in [0.1, 0.15) is 20.8 Å². The molecule has 0 aliphatic carbocycles. The fraction of sp³-hybridized carbons (Fsp3) is 0.333. The molecule has 0 unspecified atom stereocenters. The van der Waals surface area contributed by atoms with Crippen molar-refractivity contribution in [2.75, 3.05) is 0 Å². The predicted octanol–water partition coefficient (Wildman–Crippen LogP) is 4.02. The summed E-state index contributed by atoms with van der Waals surface area (Å²) in [4.78, 5) is 2.87. The summed E-state index contributed by atoms with van der Waals surface area (Å²) in [5, 5.41) is 2.15. The van der Waals surface area contributed by atoms with Gasteiger partial charge in [0.05, 0.1) is 0 Å². The summed E-state index contributed by atoms with van der Waals surface area (Å²) in [7, 11) is 0. The van der Waals surface area contributed by atoms with E-state index in [9.17, 15) is 0 Å². The third kappa shape index (κ3) is 3.33. The zero-order valence-electron chi connectivity index (χ0n) is 9.20. The van der Waals surface area contributed by atoms with E-state index in [-0.39, 0.29) is 0 Å². The van der Waals surface area contributed by atoms with Gasteiger partial charge in [-0.25, -0.2) is 0 Å². The van der Waals surface area contributed by atoms with Gasteiger partial charge in [-0.15, -0.1) is 0 Å². The number of thiophene rings is 2. The van der Waals surface area contributed by atoms with Gasteiger partial charge in [0.1, 0.15) is 0 Å². The minimum absolute atomic E-state index is 0.406. The summed E-state index contributed by atoms with van der Waals surface area (Å²) in [6, 6.07) is 8.97. The molecular weight excluding hydrogens is 327 g/mol. The van der Waals surface area contributed by atoms with Gasteiger partial charge < -0.3 is 0 Å². The molecule has 3 heteroatoms. The van der Waals surface area contributed by atoms with Crippen LogP contribution in [0.3, 0.4) is 0 Å². The zero-order chi connectivity index (χ0) is 10.9. The zero-order valence-corrected chi connectivity index (χ0v) is 13.7. The summed E-state index contributed by atoms with van der Waals surface area (Å²) in [5.74, 6) is 0. The van der Waals surface area contributed by atoms with Crippen LogP contribution in [0.15, 0.2) is 29.6 Å². The molecule has 2 aromatic heterocycles. The van der Waals surface area contributed by atoms with Crippen LogP contribution in [0.5, 0.6) is 0 Å². The summed E-state index contributed by atoms with van der Waals surface area (Å²) >= 11 is 3.43. The van der Waals surface area contributed by atoms with Crippen molar-refractivity contribution in [3.05, 3.63) is 29.6 Å². The van der Waals surface area contributed by atoms with Crippen LogP contribution in [-0.2, 0) is 0 Å². The molecule has 2 heterocycles. The van der Waals surface area contributed by atoms with Gasteiger partial charge in [-0.1, -0.05) is 0 Å². The van der Waals surface area contributed by atoms with Crippen LogP contribution < -0.4 is 2.89 Å². The van der Waals surface area contributed by atoms with Crippen molar-refractivity contribution in [1.29, 1.82) is 0 Å². The normalized spacial score (nSPS) is 11.9. The van der Waals surface area contributed by atoms with Crippen molar-refractivity contribution in [2.24, 2.45) is 0 Å². The Labute approximate surface area is 110 Å². The van der Waals surface area contributed by atoms with Crippen molar-refractivity contribution in [1.82, 2.24) is 0 Å². The Bertz CT molecular complexity index is 421. The first-order chi connectivity index (χ1) is 7.04. The summed E-state index contributed by atoms with van der Waals surface area (Å²) < 4.78 is 2.22. The molecule has 0 bridgehead atoms. The Morgan fingerprint density at radius 2 is 1.87 bits per heavy atom. The van der Waals surface area contributed by atoms with E-state index in [0.29, 0.717) is 3.43 Å². The molecule has 0 saturated carbocycles. The quantitative estimate of drug-likeness (QED) is 0.724. The molecule has 0 nitrogen and oxygen atoms in total. The topological polar surface area (TPSA) is 0 Å². The van der Waals surface area contributed by atoms with E-state index in [4.69, 9.17) is 0 Å². The predicted molar refractivity (Wildman–Crippen MR) is 72.7 cm³/mol. The van der Waals surface area contributed by atoms with Crippen LogP contribution >= 0.6 is 22.7 Å². The minimum atomic E-state index is -0.406. The maximum absolute atomic E-state index is 2.36. The molecule has 0 N–H and O–H groups in total. The van der Waals surface area contributed by atoms with Gasteiger partial charge >= 0.3 is 110 Å². The Hall–Kier alpha value is 0.199. The second kappa shape index (κ2) is 4.60. The average Bonchev–Trinajstić information content (AvgIpc) is 2.68. The van der Waals surface area contributed by atoms with E-state index in [1.165, 1.54) is 9.75 Å². The van der Waals surface area contributed by atoms with Gasteiger partial charge in [-0.2, -0.15) is 0 Å². The Kier molecular flexibility index (Phi) is 3.58. The second-order valence-electron chi connectivity index (χ2n) is 4.52. The van der Waals surface area contributed by atoms with E-state index < -0.39 is 21.1 Å². The van der Waals surface area contributed by atoms with Crippen molar-refractivity contribution in [3.8, 4) is 9.75 Å². The molecule has 0 amide bonds. The summed E-state index contributed by atoms with van der Waals surface area (Å²) in [6.45, 7) is 7.09. The van der Waals surface area contributed by atoms with Crippen LogP contribution in [0, 0.1) is 0 Å². The molecule has 78 valence electrons. The van der Waals surface area contributed by atoms with Crippen molar-refractivity contribution in [3.63, 3.8) is 0 Å². The van der Waals surface area contributed by atoms with E-state index in [1.807, 2.05) is 22.7 Å². The third-order valence-corrected chi connectivity index (χ3v) is 8.71. The first-order valence-corrected chi connectivity index (χ1v) is 9.51. The fourth-order valence-corrected chi connectivity index (χ4v) is 8.99. The monoisotopic (exact) mass is 342 g/mol.